The van der Waals surface area contributed by atoms with Crippen molar-refractivity contribution in [3.63, 3.8) is 0 Å². The van der Waals surface area contributed by atoms with E-state index in [-0.39, 0.29) is 12.8 Å². The van der Waals surface area contributed by atoms with Gasteiger partial charge in [-0.25, -0.2) is 0 Å². The molecule has 19 heavy (non-hydrogen) atoms. The van der Waals surface area contributed by atoms with Crippen molar-refractivity contribution in [2.75, 3.05) is 5.75 Å². The number of halogens is 3. The van der Waals surface area contributed by atoms with E-state index in [2.05, 4.69) is 0 Å². The van der Waals surface area contributed by atoms with Crippen molar-refractivity contribution in [3.8, 4) is 5.75 Å². The summed E-state index contributed by atoms with van der Waals surface area (Å²) in [5.74, 6) is 1.25. The summed E-state index contributed by atoms with van der Waals surface area (Å²) in [7, 11) is 0. The van der Waals surface area contributed by atoms with Crippen molar-refractivity contribution in [1.82, 2.24) is 0 Å². The number of para-hydroxylation sites is 1. The van der Waals surface area contributed by atoms with Gasteiger partial charge in [-0.3, -0.25) is 0 Å². The maximum atomic E-state index is 12.0. The van der Waals surface area contributed by atoms with E-state index in [1.807, 2.05) is 18.2 Å². The van der Waals surface area contributed by atoms with E-state index in [9.17, 15) is 18.3 Å². The van der Waals surface area contributed by atoms with Crippen LogP contribution >= 0.6 is 11.8 Å². The van der Waals surface area contributed by atoms with Crippen LogP contribution in [0.2, 0.25) is 0 Å². The zero-order valence-corrected chi connectivity index (χ0v) is 11.0. The Hall–Kier alpha value is -0.880. The predicted molar refractivity (Wildman–Crippen MR) is 67.5 cm³/mol. The summed E-state index contributed by atoms with van der Waals surface area (Å²) in [5, 5.41) is 9.89. The zero-order chi connectivity index (χ0) is 13.9. The molecule has 0 fully saturated rings. The number of rotatable bonds is 4. The van der Waals surface area contributed by atoms with Crippen LogP contribution in [-0.4, -0.2) is 29.2 Å². The lowest BCUT2D eigenvalue weighted by atomic mass is 10.1. The highest BCUT2D eigenvalue weighted by atomic mass is 32.2. The van der Waals surface area contributed by atoms with Gasteiger partial charge in [0.05, 0.1) is 6.10 Å². The standard InChI is InChI=1S/C13H15F3O2S/c14-13(15,16)7-3-4-9(17)11-8-19-12-6-2-1-5-10(12)18-11/h1-2,5-6,9,11,17H,3-4,7-8H2. The van der Waals surface area contributed by atoms with Crippen molar-refractivity contribution in [1.29, 1.82) is 0 Å². The van der Waals surface area contributed by atoms with Gasteiger partial charge in [-0.2, -0.15) is 13.2 Å². The minimum Gasteiger partial charge on any atom is -0.486 e. The fourth-order valence-corrected chi connectivity index (χ4v) is 2.99. The Balaban J connectivity index is 1.83. The lowest BCUT2D eigenvalue weighted by Crippen LogP contribution is -2.36. The summed E-state index contributed by atoms with van der Waals surface area (Å²) in [6.45, 7) is 0. The molecule has 1 aromatic rings. The topological polar surface area (TPSA) is 29.5 Å². The van der Waals surface area contributed by atoms with Crippen LogP contribution < -0.4 is 4.74 Å². The van der Waals surface area contributed by atoms with Gasteiger partial charge in [-0.1, -0.05) is 12.1 Å². The summed E-state index contributed by atoms with van der Waals surface area (Å²) in [6, 6.07) is 7.45. The first kappa shape index (κ1) is 14.5. The Kier molecular flexibility index (Phi) is 4.62. The van der Waals surface area contributed by atoms with E-state index in [0.29, 0.717) is 11.5 Å². The minimum absolute atomic E-state index is 0.0726. The first-order valence-corrected chi connectivity index (χ1v) is 7.07. The van der Waals surface area contributed by atoms with Crippen LogP contribution in [-0.2, 0) is 0 Å². The minimum atomic E-state index is -4.16. The molecule has 0 amide bonds. The van der Waals surface area contributed by atoms with E-state index in [4.69, 9.17) is 4.74 Å². The summed E-state index contributed by atoms with van der Waals surface area (Å²) < 4.78 is 41.7. The molecule has 0 aliphatic carbocycles. The van der Waals surface area contributed by atoms with Crippen LogP contribution in [0.25, 0.3) is 0 Å². The van der Waals surface area contributed by atoms with Crippen molar-refractivity contribution in [2.24, 2.45) is 0 Å². The smallest absolute Gasteiger partial charge is 0.389 e. The Morgan fingerprint density at radius 3 is 2.84 bits per heavy atom. The van der Waals surface area contributed by atoms with Crippen molar-refractivity contribution in [3.05, 3.63) is 24.3 Å². The van der Waals surface area contributed by atoms with E-state index in [1.54, 1.807) is 17.8 Å². The highest BCUT2D eigenvalue weighted by Crippen LogP contribution is 2.36. The van der Waals surface area contributed by atoms with Crippen molar-refractivity contribution < 1.29 is 23.0 Å². The maximum Gasteiger partial charge on any atom is 0.389 e. The molecule has 1 aromatic carbocycles. The lowest BCUT2D eigenvalue weighted by Gasteiger charge is -2.29. The molecule has 0 aromatic heterocycles. The molecule has 6 heteroatoms. The third-order valence-corrected chi connectivity index (χ3v) is 4.06. The van der Waals surface area contributed by atoms with E-state index in [1.165, 1.54) is 0 Å². The molecule has 1 heterocycles. The molecule has 0 bridgehead atoms. The number of thioether (sulfide) groups is 1. The molecule has 0 spiro atoms. The highest BCUT2D eigenvalue weighted by Gasteiger charge is 2.30. The number of alkyl halides is 3. The molecule has 0 radical (unpaired) electrons. The van der Waals surface area contributed by atoms with Crippen LogP contribution in [0.3, 0.4) is 0 Å². The maximum absolute atomic E-state index is 12.0. The molecular formula is C13H15F3O2S. The third-order valence-electron chi connectivity index (χ3n) is 2.92. The Morgan fingerprint density at radius 1 is 1.37 bits per heavy atom. The molecule has 1 aliphatic rings. The Labute approximate surface area is 114 Å². The van der Waals surface area contributed by atoms with Crippen LogP contribution in [0, 0.1) is 0 Å². The quantitative estimate of drug-likeness (QED) is 0.919. The van der Waals surface area contributed by atoms with Gasteiger partial charge in [0.25, 0.3) is 0 Å². The second-order valence-corrected chi connectivity index (χ2v) is 5.55. The monoisotopic (exact) mass is 292 g/mol. The number of aliphatic hydroxyl groups is 1. The number of ether oxygens (including phenoxy) is 1. The summed E-state index contributed by atoms with van der Waals surface area (Å²) in [4.78, 5) is 1.00. The fraction of sp³-hybridized carbons (Fsp3) is 0.538. The summed E-state index contributed by atoms with van der Waals surface area (Å²) in [5.41, 5.74) is 0. The highest BCUT2D eigenvalue weighted by molar-refractivity contribution is 7.99. The van der Waals surface area contributed by atoms with Gasteiger partial charge in [-0.05, 0) is 25.0 Å². The SMILES string of the molecule is OC(CCCC(F)(F)F)C1CSc2ccccc2O1. The van der Waals surface area contributed by atoms with Crippen LogP contribution in [0.1, 0.15) is 19.3 Å². The van der Waals surface area contributed by atoms with Gasteiger partial charge in [0.15, 0.2) is 0 Å². The molecule has 1 aliphatic heterocycles. The zero-order valence-electron chi connectivity index (χ0n) is 10.2. The van der Waals surface area contributed by atoms with Crippen LogP contribution in [0.4, 0.5) is 13.2 Å². The molecule has 2 atom stereocenters. The molecule has 106 valence electrons. The summed E-state index contributed by atoms with van der Waals surface area (Å²) in [6.07, 6.45) is -6.28. The molecule has 0 saturated heterocycles. The molecule has 2 nitrogen and oxygen atoms in total. The Bertz CT molecular complexity index is 423. The number of fused-ring (bicyclic) bond motifs is 1. The molecule has 1 N–H and O–H groups in total. The molecule has 2 unspecified atom stereocenters. The van der Waals surface area contributed by atoms with Crippen LogP contribution in [0.15, 0.2) is 29.2 Å². The van der Waals surface area contributed by atoms with Gasteiger partial charge >= 0.3 is 6.18 Å². The first-order chi connectivity index (χ1) is 8.96. The van der Waals surface area contributed by atoms with Crippen molar-refractivity contribution >= 4 is 11.8 Å². The molecular weight excluding hydrogens is 277 g/mol. The Morgan fingerprint density at radius 2 is 2.11 bits per heavy atom. The van der Waals surface area contributed by atoms with E-state index < -0.39 is 24.8 Å². The average Bonchev–Trinajstić information content (AvgIpc) is 2.36. The number of aliphatic hydroxyl groups excluding tert-OH is 1. The molecule has 2 rings (SSSR count). The largest absolute Gasteiger partial charge is 0.486 e. The lowest BCUT2D eigenvalue weighted by molar-refractivity contribution is -0.137. The van der Waals surface area contributed by atoms with Crippen molar-refractivity contribution in [2.45, 2.75) is 42.5 Å². The number of hydrogen-bond donors (Lipinski definition) is 1. The van der Waals surface area contributed by atoms with Gasteiger partial charge in [0.1, 0.15) is 11.9 Å². The summed E-state index contributed by atoms with van der Waals surface area (Å²) >= 11 is 1.56. The van der Waals surface area contributed by atoms with E-state index >= 15 is 0 Å². The number of hydrogen-bond acceptors (Lipinski definition) is 3. The van der Waals surface area contributed by atoms with E-state index in [0.717, 1.165) is 4.90 Å². The van der Waals surface area contributed by atoms with Gasteiger partial charge in [-0.15, -0.1) is 11.8 Å². The van der Waals surface area contributed by atoms with Crippen LogP contribution in [0.5, 0.6) is 5.75 Å². The molecule has 0 saturated carbocycles. The fourth-order valence-electron chi connectivity index (χ4n) is 1.92. The second kappa shape index (κ2) is 6.05. The van der Waals surface area contributed by atoms with Gasteiger partial charge in [0.2, 0.25) is 0 Å². The van der Waals surface area contributed by atoms with Gasteiger partial charge < -0.3 is 9.84 Å². The predicted octanol–water partition coefficient (Wildman–Crippen LogP) is 3.63. The first-order valence-electron chi connectivity index (χ1n) is 6.09. The average molecular weight is 292 g/mol. The van der Waals surface area contributed by atoms with Gasteiger partial charge in [0, 0.05) is 17.1 Å². The second-order valence-electron chi connectivity index (χ2n) is 4.49. The number of benzene rings is 1. The third kappa shape index (κ3) is 4.31. The normalized spacial score (nSPS) is 20.5.